The summed E-state index contributed by atoms with van der Waals surface area (Å²) >= 11 is 3.57. The lowest BCUT2D eigenvalue weighted by Gasteiger charge is -2.28. The predicted molar refractivity (Wildman–Crippen MR) is 65.0 cm³/mol. The molecule has 84 valence electrons. The van der Waals surface area contributed by atoms with Gasteiger partial charge in [0.15, 0.2) is 6.61 Å². The van der Waals surface area contributed by atoms with Gasteiger partial charge in [-0.1, -0.05) is 15.9 Å². The molecular formula is C12H12BrNO2. The van der Waals surface area contributed by atoms with E-state index in [4.69, 9.17) is 4.74 Å². The van der Waals surface area contributed by atoms with Gasteiger partial charge in [-0.05, 0) is 30.9 Å². The van der Waals surface area contributed by atoms with Crippen molar-refractivity contribution in [3.05, 3.63) is 22.2 Å². The number of anilines is 1. The Morgan fingerprint density at radius 1 is 1.44 bits per heavy atom. The van der Waals surface area contributed by atoms with Crippen LogP contribution in [0.2, 0.25) is 0 Å². The second-order valence-corrected chi connectivity index (χ2v) is 5.18. The Morgan fingerprint density at radius 3 is 2.88 bits per heavy atom. The molecule has 1 aromatic rings. The first-order valence-electron chi connectivity index (χ1n) is 5.40. The van der Waals surface area contributed by atoms with Gasteiger partial charge in [-0.25, -0.2) is 0 Å². The fraction of sp³-hybridized carbons (Fsp3) is 0.417. The minimum absolute atomic E-state index is 0.0107. The quantitative estimate of drug-likeness (QED) is 0.792. The van der Waals surface area contributed by atoms with Crippen molar-refractivity contribution in [1.82, 2.24) is 0 Å². The highest BCUT2D eigenvalue weighted by atomic mass is 79.9. The van der Waals surface area contributed by atoms with Gasteiger partial charge in [0.2, 0.25) is 0 Å². The van der Waals surface area contributed by atoms with Crippen LogP contribution >= 0.6 is 15.9 Å². The molecule has 16 heavy (non-hydrogen) atoms. The van der Waals surface area contributed by atoms with Gasteiger partial charge in [0.1, 0.15) is 5.75 Å². The fourth-order valence-electron chi connectivity index (χ4n) is 2.10. The average molecular weight is 282 g/mol. The molecule has 4 heteroatoms. The minimum Gasteiger partial charge on any atom is -0.481 e. The van der Waals surface area contributed by atoms with E-state index in [-0.39, 0.29) is 12.5 Å². The molecule has 2 aliphatic rings. The van der Waals surface area contributed by atoms with Crippen LogP contribution in [0.5, 0.6) is 5.75 Å². The Balaban J connectivity index is 2.16. The summed E-state index contributed by atoms with van der Waals surface area (Å²) in [6, 6.07) is 3.94. The lowest BCUT2D eigenvalue weighted by Crippen LogP contribution is -2.35. The number of rotatable bonds is 1. The number of fused-ring (bicyclic) bond motifs is 1. The van der Waals surface area contributed by atoms with Gasteiger partial charge in [0.25, 0.3) is 5.91 Å². The van der Waals surface area contributed by atoms with Crippen molar-refractivity contribution >= 4 is 27.5 Å². The molecule has 1 aliphatic heterocycles. The summed E-state index contributed by atoms with van der Waals surface area (Å²) < 4.78 is 6.69. The van der Waals surface area contributed by atoms with E-state index in [1.807, 2.05) is 12.1 Å². The first kappa shape index (κ1) is 10.1. The standard InChI is InChI=1S/C12H12BrNO2/c1-14-9-5-4-8(13)11(7-2-3-7)12(9)16-6-10(14)15/h4-5,7H,2-3,6H2,1H3. The molecule has 0 radical (unpaired) electrons. The van der Waals surface area contributed by atoms with E-state index in [2.05, 4.69) is 15.9 Å². The van der Waals surface area contributed by atoms with Crippen molar-refractivity contribution in [2.24, 2.45) is 0 Å². The Morgan fingerprint density at radius 2 is 2.19 bits per heavy atom. The van der Waals surface area contributed by atoms with E-state index in [1.54, 1.807) is 11.9 Å². The number of hydrogen-bond acceptors (Lipinski definition) is 2. The van der Waals surface area contributed by atoms with Gasteiger partial charge in [0, 0.05) is 17.1 Å². The summed E-state index contributed by atoms with van der Waals surface area (Å²) in [6.45, 7) is 0.152. The van der Waals surface area contributed by atoms with Crippen LogP contribution in [0, 0.1) is 0 Å². The van der Waals surface area contributed by atoms with E-state index >= 15 is 0 Å². The predicted octanol–water partition coefficient (Wildman–Crippen LogP) is 2.68. The molecular weight excluding hydrogens is 270 g/mol. The third kappa shape index (κ3) is 1.44. The average Bonchev–Trinajstić information content (AvgIpc) is 3.07. The number of hydrogen-bond donors (Lipinski definition) is 0. The molecule has 1 aliphatic carbocycles. The van der Waals surface area contributed by atoms with E-state index in [9.17, 15) is 4.79 Å². The number of likely N-dealkylation sites (N-methyl/N-ethyl adjacent to an activating group) is 1. The minimum atomic E-state index is 0.0107. The molecule has 0 N–H and O–H groups in total. The van der Waals surface area contributed by atoms with Crippen LogP contribution < -0.4 is 9.64 Å². The van der Waals surface area contributed by atoms with Gasteiger partial charge >= 0.3 is 0 Å². The highest BCUT2D eigenvalue weighted by Crippen LogP contribution is 2.51. The third-order valence-corrected chi connectivity index (χ3v) is 3.87. The maximum absolute atomic E-state index is 11.5. The Hall–Kier alpha value is -1.03. The molecule has 0 atom stereocenters. The first-order valence-corrected chi connectivity index (χ1v) is 6.19. The van der Waals surface area contributed by atoms with Gasteiger partial charge in [-0.2, -0.15) is 0 Å². The number of amides is 1. The largest absolute Gasteiger partial charge is 0.481 e. The topological polar surface area (TPSA) is 29.5 Å². The van der Waals surface area contributed by atoms with Crippen LogP contribution in [-0.2, 0) is 4.79 Å². The first-order chi connectivity index (χ1) is 7.68. The molecule has 1 saturated carbocycles. The molecule has 0 spiro atoms. The second kappa shape index (κ2) is 3.48. The van der Waals surface area contributed by atoms with Crippen molar-refractivity contribution in [2.75, 3.05) is 18.6 Å². The van der Waals surface area contributed by atoms with Gasteiger partial charge in [-0.3, -0.25) is 4.79 Å². The summed E-state index contributed by atoms with van der Waals surface area (Å²) in [6.07, 6.45) is 2.44. The lowest BCUT2D eigenvalue weighted by molar-refractivity contribution is -0.121. The van der Waals surface area contributed by atoms with Crippen LogP contribution in [0.1, 0.15) is 24.3 Å². The van der Waals surface area contributed by atoms with E-state index in [0.717, 1.165) is 15.9 Å². The van der Waals surface area contributed by atoms with Gasteiger partial charge in [0.05, 0.1) is 5.69 Å². The molecule has 3 nitrogen and oxygen atoms in total. The summed E-state index contributed by atoms with van der Waals surface area (Å²) in [5.74, 6) is 1.50. The van der Waals surface area contributed by atoms with Gasteiger partial charge < -0.3 is 9.64 Å². The van der Waals surface area contributed by atoms with Crippen LogP contribution in [-0.4, -0.2) is 19.6 Å². The van der Waals surface area contributed by atoms with Crippen molar-refractivity contribution in [3.8, 4) is 5.75 Å². The number of nitrogens with zero attached hydrogens (tertiary/aromatic N) is 1. The maximum atomic E-state index is 11.5. The monoisotopic (exact) mass is 281 g/mol. The number of ether oxygens (including phenoxy) is 1. The fourth-order valence-corrected chi connectivity index (χ4v) is 2.73. The Bertz CT molecular complexity index is 468. The van der Waals surface area contributed by atoms with Crippen molar-refractivity contribution < 1.29 is 9.53 Å². The number of carbonyl (C=O) groups excluding carboxylic acids is 1. The molecule has 1 aromatic carbocycles. The normalized spacial score (nSPS) is 19.4. The van der Waals surface area contributed by atoms with Crippen LogP contribution in [0.25, 0.3) is 0 Å². The molecule has 0 unspecified atom stereocenters. The van der Waals surface area contributed by atoms with Crippen LogP contribution in [0.15, 0.2) is 16.6 Å². The van der Waals surface area contributed by atoms with E-state index in [1.165, 1.54) is 18.4 Å². The summed E-state index contributed by atoms with van der Waals surface area (Å²) in [5, 5.41) is 0. The number of halogens is 1. The SMILES string of the molecule is CN1C(=O)COc2c1ccc(Br)c2C1CC1. The van der Waals surface area contributed by atoms with Crippen molar-refractivity contribution in [1.29, 1.82) is 0 Å². The number of benzene rings is 1. The zero-order chi connectivity index (χ0) is 11.3. The second-order valence-electron chi connectivity index (χ2n) is 4.33. The molecule has 0 bridgehead atoms. The van der Waals surface area contributed by atoms with Gasteiger partial charge in [-0.15, -0.1) is 0 Å². The van der Waals surface area contributed by atoms with Crippen molar-refractivity contribution in [2.45, 2.75) is 18.8 Å². The highest BCUT2D eigenvalue weighted by Gasteiger charge is 2.33. The molecule has 3 rings (SSSR count). The van der Waals surface area contributed by atoms with Crippen LogP contribution in [0.4, 0.5) is 5.69 Å². The Kier molecular flexibility index (Phi) is 2.21. The smallest absolute Gasteiger partial charge is 0.264 e. The summed E-state index contributed by atoms with van der Waals surface area (Å²) in [5.41, 5.74) is 2.12. The lowest BCUT2D eigenvalue weighted by atomic mass is 10.1. The third-order valence-electron chi connectivity index (χ3n) is 3.18. The molecule has 1 amide bonds. The van der Waals surface area contributed by atoms with Crippen molar-refractivity contribution in [3.63, 3.8) is 0 Å². The summed E-state index contributed by atoms with van der Waals surface area (Å²) in [4.78, 5) is 13.2. The van der Waals surface area contributed by atoms with E-state index in [0.29, 0.717) is 5.92 Å². The number of carbonyl (C=O) groups is 1. The van der Waals surface area contributed by atoms with Crippen LogP contribution in [0.3, 0.4) is 0 Å². The molecule has 1 fully saturated rings. The maximum Gasteiger partial charge on any atom is 0.264 e. The zero-order valence-electron chi connectivity index (χ0n) is 9.00. The zero-order valence-corrected chi connectivity index (χ0v) is 10.6. The highest BCUT2D eigenvalue weighted by molar-refractivity contribution is 9.10. The molecule has 1 heterocycles. The summed E-state index contributed by atoms with van der Waals surface area (Å²) in [7, 11) is 1.80. The molecule has 0 aromatic heterocycles. The molecule has 0 saturated heterocycles. The van der Waals surface area contributed by atoms with E-state index < -0.39 is 0 Å². The Labute approximate surface area is 103 Å².